The van der Waals surface area contributed by atoms with Crippen molar-refractivity contribution in [1.82, 2.24) is 0 Å². The van der Waals surface area contributed by atoms with E-state index < -0.39 is 51.3 Å². The second-order valence-electron chi connectivity index (χ2n) is 7.02. The number of hydrogen-bond acceptors (Lipinski definition) is 6. The van der Waals surface area contributed by atoms with Crippen LogP contribution < -0.4 is 4.90 Å². The Kier molecular flexibility index (Phi) is 5.05. The summed E-state index contributed by atoms with van der Waals surface area (Å²) in [6.07, 6.45) is 0. The molecule has 2 heterocycles. The van der Waals surface area contributed by atoms with Crippen molar-refractivity contribution < 1.29 is 32.8 Å². The standard InChI is InChI=1S/C22H14F2N2O6/c1-11-5-8-17(32-11)19-18(20(27)12-3-2-4-14(9-12)26(30)31)21(28)22(29)25(19)16-7-6-13(23)10-15(16)24/h2-10,19,27H,1H3/b20-18-. The highest BCUT2D eigenvalue weighted by Gasteiger charge is 2.49. The highest BCUT2D eigenvalue weighted by molar-refractivity contribution is 6.51. The van der Waals surface area contributed by atoms with Gasteiger partial charge in [-0.05, 0) is 31.2 Å². The summed E-state index contributed by atoms with van der Waals surface area (Å²) >= 11 is 0. The molecule has 3 aromatic rings. The Balaban J connectivity index is 1.96. The summed E-state index contributed by atoms with van der Waals surface area (Å²) in [5.74, 6) is -4.56. The number of aliphatic hydroxyl groups is 1. The number of rotatable bonds is 4. The van der Waals surface area contributed by atoms with Crippen LogP contribution in [0.1, 0.15) is 23.1 Å². The van der Waals surface area contributed by atoms with Gasteiger partial charge in [-0.25, -0.2) is 8.78 Å². The number of aliphatic hydroxyl groups excluding tert-OH is 1. The summed E-state index contributed by atoms with van der Waals surface area (Å²) in [5, 5.41) is 22.0. The summed E-state index contributed by atoms with van der Waals surface area (Å²) in [5.41, 5.74) is -1.29. The molecule has 8 nitrogen and oxygen atoms in total. The molecule has 1 saturated heterocycles. The predicted molar refractivity (Wildman–Crippen MR) is 108 cm³/mol. The minimum Gasteiger partial charge on any atom is -0.507 e. The van der Waals surface area contributed by atoms with Crippen molar-refractivity contribution in [1.29, 1.82) is 0 Å². The summed E-state index contributed by atoms with van der Waals surface area (Å²) in [4.78, 5) is 37.0. The molecule has 162 valence electrons. The third-order valence-electron chi connectivity index (χ3n) is 4.97. The number of halogens is 2. The van der Waals surface area contributed by atoms with Crippen LogP contribution in [0, 0.1) is 28.7 Å². The average Bonchev–Trinajstić information content (AvgIpc) is 3.29. The maximum absolute atomic E-state index is 14.6. The number of carbonyl (C=O) groups excluding carboxylic acids is 2. The SMILES string of the molecule is Cc1ccc(C2/C(=C(/O)c3cccc([N+](=O)[O-])c3)C(=O)C(=O)N2c2ccc(F)cc2F)o1. The smallest absolute Gasteiger partial charge is 0.300 e. The molecular weight excluding hydrogens is 426 g/mol. The molecule has 1 aliphatic heterocycles. The molecule has 0 aliphatic carbocycles. The number of aryl methyl sites for hydroxylation is 1. The van der Waals surface area contributed by atoms with E-state index >= 15 is 0 Å². The summed E-state index contributed by atoms with van der Waals surface area (Å²) in [6, 6.07) is 8.91. The second-order valence-corrected chi connectivity index (χ2v) is 7.02. The van der Waals surface area contributed by atoms with Gasteiger partial charge in [-0.1, -0.05) is 12.1 Å². The van der Waals surface area contributed by atoms with Crippen LogP contribution in [0.25, 0.3) is 5.76 Å². The average molecular weight is 440 g/mol. The molecule has 1 aliphatic rings. The lowest BCUT2D eigenvalue weighted by molar-refractivity contribution is -0.384. The topological polar surface area (TPSA) is 114 Å². The first-order valence-electron chi connectivity index (χ1n) is 9.26. The van der Waals surface area contributed by atoms with Gasteiger partial charge in [0.25, 0.3) is 17.4 Å². The number of carbonyl (C=O) groups is 2. The first-order valence-corrected chi connectivity index (χ1v) is 9.26. The molecule has 0 spiro atoms. The van der Waals surface area contributed by atoms with E-state index in [1.165, 1.54) is 24.3 Å². The van der Waals surface area contributed by atoms with E-state index in [0.717, 1.165) is 23.1 Å². The van der Waals surface area contributed by atoms with Crippen LogP contribution in [0.4, 0.5) is 20.2 Å². The van der Waals surface area contributed by atoms with Crippen LogP contribution in [0.2, 0.25) is 0 Å². The minimum atomic E-state index is -1.39. The molecule has 1 fully saturated rings. The largest absolute Gasteiger partial charge is 0.507 e. The Bertz CT molecular complexity index is 1310. The lowest BCUT2D eigenvalue weighted by Gasteiger charge is -2.23. The molecule has 4 rings (SSSR count). The third-order valence-corrected chi connectivity index (χ3v) is 4.97. The summed E-state index contributed by atoms with van der Waals surface area (Å²) in [6.45, 7) is 1.61. The molecule has 2 aromatic carbocycles. The number of furan rings is 1. The number of nitro benzene ring substituents is 1. The Hall–Kier alpha value is -4.34. The molecule has 10 heteroatoms. The highest BCUT2D eigenvalue weighted by atomic mass is 19.1. The van der Waals surface area contributed by atoms with Gasteiger partial charge in [0.1, 0.15) is 35.0 Å². The van der Waals surface area contributed by atoms with Crippen LogP contribution in [0.3, 0.4) is 0 Å². The molecule has 0 radical (unpaired) electrons. The Morgan fingerprint density at radius 1 is 1.12 bits per heavy atom. The zero-order valence-corrected chi connectivity index (χ0v) is 16.4. The number of anilines is 1. The van der Waals surface area contributed by atoms with Gasteiger partial charge in [0.05, 0.1) is 16.2 Å². The van der Waals surface area contributed by atoms with Gasteiger partial charge in [0.2, 0.25) is 0 Å². The van der Waals surface area contributed by atoms with Gasteiger partial charge in [-0.2, -0.15) is 0 Å². The number of benzene rings is 2. The van der Waals surface area contributed by atoms with Crippen molar-refractivity contribution in [3.05, 3.63) is 99.0 Å². The van der Waals surface area contributed by atoms with Gasteiger partial charge in [0.15, 0.2) is 0 Å². The van der Waals surface area contributed by atoms with E-state index in [9.17, 15) is 33.6 Å². The Morgan fingerprint density at radius 2 is 1.88 bits per heavy atom. The van der Waals surface area contributed by atoms with Crippen LogP contribution in [0.5, 0.6) is 0 Å². The number of ketones is 1. The fourth-order valence-electron chi connectivity index (χ4n) is 3.55. The van der Waals surface area contributed by atoms with Crippen LogP contribution in [-0.2, 0) is 9.59 Å². The molecule has 0 saturated carbocycles. The Morgan fingerprint density at radius 3 is 2.50 bits per heavy atom. The third kappa shape index (κ3) is 3.41. The van der Waals surface area contributed by atoms with Gasteiger partial charge < -0.3 is 9.52 Å². The van der Waals surface area contributed by atoms with Crippen LogP contribution >= 0.6 is 0 Å². The molecule has 1 aromatic heterocycles. The van der Waals surface area contributed by atoms with E-state index in [0.29, 0.717) is 11.8 Å². The van der Waals surface area contributed by atoms with E-state index in [1.807, 2.05) is 0 Å². The minimum absolute atomic E-state index is 0.0393. The van der Waals surface area contributed by atoms with Gasteiger partial charge >= 0.3 is 0 Å². The first kappa shape index (κ1) is 20.9. The quantitative estimate of drug-likeness (QED) is 0.211. The molecular formula is C22H14F2N2O6. The number of non-ortho nitro benzene ring substituents is 1. The van der Waals surface area contributed by atoms with E-state index in [1.54, 1.807) is 13.0 Å². The van der Waals surface area contributed by atoms with Gasteiger partial charge in [-0.15, -0.1) is 0 Å². The van der Waals surface area contributed by atoms with Crippen molar-refractivity contribution >= 4 is 28.8 Å². The lowest BCUT2D eigenvalue weighted by Crippen LogP contribution is -2.30. The zero-order chi connectivity index (χ0) is 23.2. The zero-order valence-electron chi connectivity index (χ0n) is 16.4. The highest BCUT2D eigenvalue weighted by Crippen LogP contribution is 2.43. The number of hydrogen-bond donors (Lipinski definition) is 1. The first-order chi connectivity index (χ1) is 15.2. The van der Waals surface area contributed by atoms with E-state index in [2.05, 4.69) is 0 Å². The van der Waals surface area contributed by atoms with Gasteiger partial charge in [0, 0.05) is 23.8 Å². The lowest BCUT2D eigenvalue weighted by atomic mass is 9.99. The van der Waals surface area contributed by atoms with Crippen molar-refractivity contribution in [2.45, 2.75) is 13.0 Å². The Labute approximate surface area is 179 Å². The molecule has 32 heavy (non-hydrogen) atoms. The van der Waals surface area contributed by atoms with Gasteiger partial charge in [-0.3, -0.25) is 24.6 Å². The van der Waals surface area contributed by atoms with Crippen LogP contribution in [0.15, 0.2) is 64.6 Å². The maximum atomic E-state index is 14.6. The molecule has 1 atom stereocenters. The monoisotopic (exact) mass is 440 g/mol. The van der Waals surface area contributed by atoms with E-state index in [4.69, 9.17) is 4.42 Å². The fraction of sp³-hybridized carbons (Fsp3) is 0.0909. The molecule has 1 amide bonds. The number of nitrogens with zero attached hydrogens (tertiary/aromatic N) is 2. The molecule has 1 N–H and O–H groups in total. The van der Waals surface area contributed by atoms with Crippen molar-refractivity contribution in [3.63, 3.8) is 0 Å². The summed E-state index contributed by atoms with van der Waals surface area (Å²) < 4.78 is 33.5. The fourth-order valence-corrected chi connectivity index (χ4v) is 3.55. The molecule has 1 unspecified atom stereocenters. The number of amides is 1. The van der Waals surface area contributed by atoms with Crippen molar-refractivity contribution in [3.8, 4) is 0 Å². The molecule has 0 bridgehead atoms. The van der Waals surface area contributed by atoms with Crippen molar-refractivity contribution in [2.75, 3.05) is 4.90 Å². The summed E-state index contributed by atoms with van der Waals surface area (Å²) in [7, 11) is 0. The number of nitro groups is 1. The van der Waals surface area contributed by atoms with Crippen LogP contribution in [-0.4, -0.2) is 21.7 Å². The predicted octanol–water partition coefficient (Wildman–Crippen LogP) is 4.40. The maximum Gasteiger partial charge on any atom is 0.300 e. The van der Waals surface area contributed by atoms with Crippen molar-refractivity contribution in [2.24, 2.45) is 0 Å². The normalized spacial score (nSPS) is 17.7. The second kappa shape index (κ2) is 7.73. The number of Topliss-reactive ketones (excluding diaryl/α,β-unsaturated/α-hetero) is 1. The van der Waals surface area contributed by atoms with E-state index in [-0.39, 0.29) is 17.0 Å².